The lowest BCUT2D eigenvalue weighted by Crippen LogP contribution is -2.33. The van der Waals surface area contributed by atoms with E-state index in [0.717, 1.165) is 15.8 Å². The number of nitrogens with one attached hydrogen (secondary N) is 1. The first kappa shape index (κ1) is 24.7. The Balaban J connectivity index is 1.60. The van der Waals surface area contributed by atoms with E-state index in [2.05, 4.69) is 15.4 Å². The molecule has 5 rings (SSSR count). The summed E-state index contributed by atoms with van der Waals surface area (Å²) in [5.41, 5.74) is 3.33. The number of hydrogen-bond donors (Lipinski definition) is 1. The number of ether oxygens (including phenoxy) is 3. The Kier molecular flexibility index (Phi) is 6.09. The van der Waals surface area contributed by atoms with Crippen molar-refractivity contribution >= 4 is 11.7 Å². The smallest absolute Gasteiger partial charge is 0.453 e. The molecule has 0 saturated heterocycles. The number of carbonyl (C=O) groups excluding carboxylic acids is 1. The molecule has 3 aromatic rings. The van der Waals surface area contributed by atoms with Gasteiger partial charge >= 0.3 is 6.18 Å². The fraction of sp³-hybridized carbons (Fsp3) is 0.346. The summed E-state index contributed by atoms with van der Waals surface area (Å²) in [6.07, 6.45) is -4.21. The van der Waals surface area contributed by atoms with Crippen LogP contribution in [0.25, 0.3) is 0 Å². The minimum atomic E-state index is -4.73. The lowest BCUT2D eigenvalue weighted by Gasteiger charge is -2.35. The van der Waals surface area contributed by atoms with Gasteiger partial charge in [-0.3, -0.25) is 4.79 Å². The number of halogens is 3. The van der Waals surface area contributed by atoms with Gasteiger partial charge in [-0.15, -0.1) is 5.10 Å². The largest absolute Gasteiger partial charge is 0.493 e. The molecule has 2 atom stereocenters. The number of aryl methyl sites for hydroxylation is 1. The summed E-state index contributed by atoms with van der Waals surface area (Å²) in [5.74, 6) is -0.453. The van der Waals surface area contributed by atoms with Crippen LogP contribution >= 0.6 is 0 Å². The van der Waals surface area contributed by atoms with Crippen LogP contribution in [0.2, 0.25) is 0 Å². The van der Waals surface area contributed by atoms with E-state index in [4.69, 9.17) is 14.2 Å². The molecule has 1 aliphatic carbocycles. The number of methoxy groups -OCH3 is 3. The zero-order valence-electron chi connectivity index (χ0n) is 20.6. The summed E-state index contributed by atoms with van der Waals surface area (Å²) < 4.78 is 58.0. The average molecular weight is 515 g/mol. The molecule has 194 valence electrons. The number of fused-ring (bicyclic) bond motifs is 1. The minimum absolute atomic E-state index is 0.0602. The van der Waals surface area contributed by atoms with Gasteiger partial charge in [0, 0.05) is 17.7 Å². The van der Waals surface area contributed by atoms with Crippen molar-refractivity contribution in [3.8, 4) is 17.2 Å². The van der Waals surface area contributed by atoms with Gasteiger partial charge in [0.25, 0.3) is 5.82 Å². The molecule has 2 aliphatic rings. The number of allylic oxidation sites excluding steroid dienone is 2. The predicted molar refractivity (Wildman–Crippen MR) is 128 cm³/mol. The molecule has 37 heavy (non-hydrogen) atoms. The van der Waals surface area contributed by atoms with Crippen LogP contribution in [0.3, 0.4) is 0 Å². The predicted octanol–water partition coefficient (Wildman–Crippen LogP) is 5.05. The molecule has 0 unspecified atom stereocenters. The SMILES string of the molecule is COc1cc([C@H]2CC(=O)C3=C(C2)Nc2nc(C(F)(F)F)nn2[C@H]3c2ccc(C)cc2)cc(OC)c1OC. The molecule has 0 fully saturated rings. The zero-order chi connectivity index (χ0) is 26.5. The number of hydrogen-bond acceptors (Lipinski definition) is 7. The van der Waals surface area contributed by atoms with Crippen molar-refractivity contribution in [1.82, 2.24) is 14.8 Å². The number of ketones is 1. The van der Waals surface area contributed by atoms with Crippen molar-refractivity contribution in [2.45, 2.75) is 37.9 Å². The van der Waals surface area contributed by atoms with Crippen molar-refractivity contribution in [2.75, 3.05) is 26.6 Å². The van der Waals surface area contributed by atoms with E-state index >= 15 is 0 Å². The van der Waals surface area contributed by atoms with Crippen molar-refractivity contribution in [3.05, 3.63) is 70.2 Å². The number of carbonyl (C=O) groups is 1. The molecule has 11 heteroatoms. The Morgan fingerprint density at radius 1 is 0.973 bits per heavy atom. The Bertz CT molecular complexity index is 1370. The Morgan fingerprint density at radius 3 is 2.19 bits per heavy atom. The minimum Gasteiger partial charge on any atom is -0.493 e. The molecule has 1 N–H and O–H groups in total. The van der Waals surface area contributed by atoms with E-state index in [1.54, 1.807) is 24.3 Å². The third kappa shape index (κ3) is 4.28. The monoisotopic (exact) mass is 514 g/mol. The number of aromatic nitrogens is 3. The number of benzene rings is 2. The van der Waals surface area contributed by atoms with Crippen LogP contribution in [0.15, 0.2) is 47.7 Å². The van der Waals surface area contributed by atoms with E-state index < -0.39 is 18.0 Å². The third-order valence-electron chi connectivity index (χ3n) is 6.72. The van der Waals surface area contributed by atoms with Crippen LogP contribution < -0.4 is 19.5 Å². The Hall–Kier alpha value is -4.02. The molecule has 0 saturated carbocycles. The Labute approximate surface area is 211 Å². The normalized spacial score (nSPS) is 19.2. The van der Waals surface area contributed by atoms with Gasteiger partial charge in [0.1, 0.15) is 6.04 Å². The standard InChI is InChI=1S/C26H25F3N4O4/c1-13-5-7-14(8-6-13)22-21-17(30-25-31-24(26(27,28)29)32-33(22)25)9-15(10-18(21)34)16-11-19(35-2)23(37-4)20(12-16)36-3/h5-8,11-12,15,22H,9-10H2,1-4H3,(H,30,31,32)/t15-,22+/m1/s1. The highest BCUT2D eigenvalue weighted by Crippen LogP contribution is 2.47. The average Bonchev–Trinajstić information content (AvgIpc) is 3.31. The summed E-state index contributed by atoms with van der Waals surface area (Å²) >= 11 is 0. The fourth-order valence-electron chi connectivity index (χ4n) is 4.96. The van der Waals surface area contributed by atoms with Gasteiger partial charge in [0.05, 0.1) is 21.3 Å². The molecule has 2 heterocycles. The van der Waals surface area contributed by atoms with Crippen molar-refractivity contribution in [2.24, 2.45) is 0 Å². The molecule has 1 aliphatic heterocycles. The van der Waals surface area contributed by atoms with E-state index in [-0.39, 0.29) is 24.1 Å². The van der Waals surface area contributed by atoms with Crippen LogP contribution in [0.5, 0.6) is 17.2 Å². The van der Waals surface area contributed by atoms with Crippen molar-refractivity contribution in [3.63, 3.8) is 0 Å². The van der Waals surface area contributed by atoms with Crippen molar-refractivity contribution in [1.29, 1.82) is 0 Å². The van der Waals surface area contributed by atoms with Gasteiger partial charge in [0.2, 0.25) is 11.7 Å². The summed E-state index contributed by atoms with van der Waals surface area (Å²) in [5, 5.41) is 6.73. The maximum Gasteiger partial charge on any atom is 0.453 e. The summed E-state index contributed by atoms with van der Waals surface area (Å²) in [6, 6.07) is 10.0. The number of rotatable bonds is 5. The van der Waals surface area contributed by atoms with E-state index in [1.165, 1.54) is 21.3 Å². The number of anilines is 1. The lowest BCUT2D eigenvalue weighted by atomic mass is 9.77. The second-order valence-corrected chi connectivity index (χ2v) is 9.02. The van der Waals surface area contributed by atoms with Crippen LogP contribution in [-0.2, 0) is 11.0 Å². The maximum atomic E-state index is 13.6. The summed E-state index contributed by atoms with van der Waals surface area (Å²) in [6.45, 7) is 1.91. The first-order valence-electron chi connectivity index (χ1n) is 11.6. The van der Waals surface area contributed by atoms with Gasteiger partial charge in [-0.2, -0.15) is 18.2 Å². The van der Waals surface area contributed by atoms with Gasteiger partial charge in [-0.25, -0.2) is 4.68 Å². The number of alkyl halides is 3. The quantitative estimate of drug-likeness (QED) is 0.510. The highest BCUT2D eigenvalue weighted by atomic mass is 19.4. The lowest BCUT2D eigenvalue weighted by molar-refractivity contribution is -0.145. The van der Waals surface area contributed by atoms with Crippen LogP contribution in [0.4, 0.5) is 19.1 Å². The molecule has 0 amide bonds. The second-order valence-electron chi connectivity index (χ2n) is 9.02. The van der Waals surface area contributed by atoms with Gasteiger partial charge < -0.3 is 19.5 Å². The fourth-order valence-corrected chi connectivity index (χ4v) is 4.96. The highest BCUT2D eigenvalue weighted by molar-refractivity contribution is 6.00. The maximum absolute atomic E-state index is 13.6. The molecular weight excluding hydrogens is 489 g/mol. The topological polar surface area (TPSA) is 87.5 Å². The number of Topliss-reactive ketones (excluding diaryl/α,β-unsaturated/α-hetero) is 1. The van der Waals surface area contributed by atoms with Gasteiger partial charge in [0.15, 0.2) is 17.3 Å². The molecule has 2 aromatic carbocycles. The first-order chi connectivity index (χ1) is 17.6. The van der Waals surface area contributed by atoms with E-state index in [0.29, 0.717) is 40.5 Å². The van der Waals surface area contributed by atoms with Gasteiger partial charge in [-0.1, -0.05) is 29.8 Å². The molecule has 0 radical (unpaired) electrons. The van der Waals surface area contributed by atoms with Crippen LogP contribution in [0, 0.1) is 6.92 Å². The zero-order valence-corrected chi connectivity index (χ0v) is 20.6. The first-order valence-corrected chi connectivity index (χ1v) is 11.6. The Morgan fingerprint density at radius 2 is 1.62 bits per heavy atom. The molecule has 0 bridgehead atoms. The summed E-state index contributed by atoms with van der Waals surface area (Å²) in [4.78, 5) is 17.4. The highest BCUT2D eigenvalue weighted by Gasteiger charge is 2.43. The van der Waals surface area contributed by atoms with Gasteiger partial charge in [-0.05, 0) is 42.5 Å². The van der Waals surface area contributed by atoms with E-state index in [1.807, 2.05) is 19.1 Å². The second kappa shape index (κ2) is 9.13. The summed E-state index contributed by atoms with van der Waals surface area (Å²) in [7, 11) is 4.52. The molecule has 0 spiro atoms. The molecule has 1 aromatic heterocycles. The van der Waals surface area contributed by atoms with Crippen molar-refractivity contribution < 1.29 is 32.2 Å². The molecule has 8 nitrogen and oxygen atoms in total. The number of nitrogens with zero attached hydrogens (tertiary/aromatic N) is 3. The molecular formula is C26H25F3N4O4. The van der Waals surface area contributed by atoms with Crippen LogP contribution in [0.1, 0.15) is 47.3 Å². The third-order valence-corrected chi connectivity index (χ3v) is 6.72. The van der Waals surface area contributed by atoms with E-state index in [9.17, 15) is 18.0 Å². The van der Waals surface area contributed by atoms with Crippen LogP contribution in [-0.4, -0.2) is 41.9 Å².